The molecule has 1 aromatic carbocycles. The Bertz CT molecular complexity index is 650. The number of rotatable bonds is 10. The summed E-state index contributed by atoms with van der Waals surface area (Å²) in [4.78, 5) is 29.4. The summed E-state index contributed by atoms with van der Waals surface area (Å²) >= 11 is 0. The third kappa shape index (κ3) is 6.71. The molecule has 2 atom stereocenters. The van der Waals surface area contributed by atoms with Gasteiger partial charge in [0, 0.05) is 11.6 Å². The zero-order valence-corrected chi connectivity index (χ0v) is 17.1. The Morgan fingerprint density at radius 2 is 1.96 bits per heavy atom. The number of nitrogens with one attached hydrogen (secondary N) is 2. The summed E-state index contributed by atoms with van der Waals surface area (Å²) in [5.74, 6) is 0.869. The maximum Gasteiger partial charge on any atom is 0.274 e. The number of unbranched alkanes of at least 4 members (excludes halogenated alkanes) is 1. The molecule has 0 spiro atoms. The van der Waals surface area contributed by atoms with E-state index < -0.39 is 5.91 Å². The van der Waals surface area contributed by atoms with Crippen LogP contribution in [0.2, 0.25) is 0 Å². The lowest BCUT2D eigenvalue weighted by atomic mass is 9.86. The molecule has 2 amide bonds. The number of hydroxylamine groups is 1. The van der Waals surface area contributed by atoms with Crippen LogP contribution in [-0.2, 0) is 9.63 Å². The zero-order valence-electron chi connectivity index (χ0n) is 17.1. The van der Waals surface area contributed by atoms with E-state index in [9.17, 15) is 9.59 Å². The topological polar surface area (TPSA) is 85.9 Å². The van der Waals surface area contributed by atoms with Crippen LogP contribution in [-0.4, -0.2) is 38.2 Å². The van der Waals surface area contributed by atoms with E-state index in [4.69, 9.17) is 14.3 Å². The normalized spacial score (nSPS) is 19.0. The first-order valence-electron chi connectivity index (χ1n) is 10.1. The second kappa shape index (κ2) is 11.5. The molecular weight excluding hydrogens is 360 g/mol. The van der Waals surface area contributed by atoms with Crippen LogP contribution in [0, 0.1) is 5.92 Å². The second-order valence-electron chi connectivity index (χ2n) is 7.22. The third-order valence-electron chi connectivity index (χ3n) is 5.01. The Morgan fingerprint density at radius 3 is 2.68 bits per heavy atom. The Balaban J connectivity index is 1.79. The number of carbonyl (C=O) groups is 2. The molecule has 1 aliphatic rings. The molecule has 2 rings (SSSR count). The van der Waals surface area contributed by atoms with Gasteiger partial charge in [-0.25, -0.2) is 5.48 Å². The number of hydrogen-bond acceptors (Lipinski definition) is 5. The van der Waals surface area contributed by atoms with Crippen LogP contribution in [0.4, 0.5) is 0 Å². The van der Waals surface area contributed by atoms with Crippen molar-refractivity contribution in [3.63, 3.8) is 0 Å². The molecule has 1 fully saturated rings. The van der Waals surface area contributed by atoms with Crippen LogP contribution in [0.3, 0.4) is 0 Å². The standard InChI is InChI=1S/C21H32N2O5/c1-4-5-12-27-18-11-10-16(13-19(18)26-3)21(25)23-28-14-20(24)22-17-9-7-6-8-15(17)2/h10-11,13,15,17H,4-9,12,14H2,1-3H3,(H,22,24)(H,23,25). The molecule has 2 unspecified atom stereocenters. The Morgan fingerprint density at radius 1 is 1.18 bits per heavy atom. The Labute approximate surface area is 167 Å². The minimum Gasteiger partial charge on any atom is -0.493 e. The highest BCUT2D eigenvalue weighted by Crippen LogP contribution is 2.28. The van der Waals surface area contributed by atoms with Crippen LogP contribution >= 0.6 is 0 Å². The van der Waals surface area contributed by atoms with Gasteiger partial charge in [-0.1, -0.05) is 33.1 Å². The zero-order chi connectivity index (χ0) is 20.4. The molecular formula is C21H32N2O5. The highest BCUT2D eigenvalue weighted by atomic mass is 16.7. The number of amides is 2. The van der Waals surface area contributed by atoms with Gasteiger partial charge in [0.05, 0.1) is 13.7 Å². The van der Waals surface area contributed by atoms with Gasteiger partial charge in [0.15, 0.2) is 18.1 Å². The molecule has 1 aromatic rings. The van der Waals surface area contributed by atoms with Crippen LogP contribution < -0.4 is 20.3 Å². The SMILES string of the molecule is CCCCOc1ccc(C(=O)NOCC(=O)NC2CCCCC2C)cc1OC. The first-order chi connectivity index (χ1) is 13.5. The van der Waals surface area contributed by atoms with Gasteiger partial charge in [0.1, 0.15) is 0 Å². The van der Waals surface area contributed by atoms with Gasteiger partial charge >= 0.3 is 0 Å². The molecule has 7 nitrogen and oxygen atoms in total. The average Bonchev–Trinajstić information content (AvgIpc) is 2.70. The van der Waals surface area contributed by atoms with Gasteiger partial charge in [-0.05, 0) is 43.4 Å². The van der Waals surface area contributed by atoms with Crippen molar-refractivity contribution in [2.75, 3.05) is 20.3 Å². The van der Waals surface area contributed by atoms with Crippen LogP contribution in [0.1, 0.15) is 62.7 Å². The van der Waals surface area contributed by atoms with Crippen molar-refractivity contribution in [2.24, 2.45) is 5.92 Å². The number of hydrogen-bond donors (Lipinski definition) is 2. The molecule has 156 valence electrons. The minimum absolute atomic E-state index is 0.185. The van der Waals surface area contributed by atoms with Crippen molar-refractivity contribution in [3.8, 4) is 11.5 Å². The highest BCUT2D eigenvalue weighted by molar-refractivity contribution is 5.94. The van der Waals surface area contributed by atoms with Gasteiger partial charge in [-0.15, -0.1) is 0 Å². The van der Waals surface area contributed by atoms with E-state index in [-0.39, 0.29) is 18.6 Å². The molecule has 28 heavy (non-hydrogen) atoms. The van der Waals surface area contributed by atoms with Crippen molar-refractivity contribution in [2.45, 2.75) is 58.4 Å². The molecule has 0 aliphatic heterocycles. The molecule has 0 bridgehead atoms. The fourth-order valence-corrected chi connectivity index (χ4v) is 3.26. The monoisotopic (exact) mass is 392 g/mol. The lowest BCUT2D eigenvalue weighted by Gasteiger charge is -2.29. The van der Waals surface area contributed by atoms with Crippen molar-refractivity contribution in [1.82, 2.24) is 10.8 Å². The molecule has 1 saturated carbocycles. The first-order valence-corrected chi connectivity index (χ1v) is 10.1. The van der Waals surface area contributed by atoms with Crippen LogP contribution in [0.15, 0.2) is 18.2 Å². The summed E-state index contributed by atoms with van der Waals surface area (Å²) < 4.78 is 10.9. The fraction of sp³-hybridized carbons (Fsp3) is 0.619. The maximum atomic E-state index is 12.2. The number of benzene rings is 1. The third-order valence-corrected chi connectivity index (χ3v) is 5.01. The Kier molecular flexibility index (Phi) is 9.07. The minimum atomic E-state index is -0.447. The number of methoxy groups -OCH3 is 1. The van der Waals surface area contributed by atoms with Gasteiger partial charge in [-0.2, -0.15) is 0 Å². The van der Waals surface area contributed by atoms with Crippen molar-refractivity contribution in [1.29, 1.82) is 0 Å². The number of carbonyl (C=O) groups excluding carboxylic acids is 2. The quantitative estimate of drug-likeness (QED) is 0.472. The van der Waals surface area contributed by atoms with Gasteiger partial charge in [0.2, 0.25) is 5.91 Å². The smallest absolute Gasteiger partial charge is 0.274 e. The predicted octanol–water partition coefficient (Wildman–Crippen LogP) is 3.23. The van der Waals surface area contributed by atoms with E-state index in [0.717, 1.165) is 32.1 Å². The predicted molar refractivity (Wildman–Crippen MR) is 106 cm³/mol. The lowest BCUT2D eigenvalue weighted by Crippen LogP contribution is -2.43. The van der Waals surface area contributed by atoms with Gasteiger partial charge in [0.25, 0.3) is 5.91 Å². The summed E-state index contributed by atoms with van der Waals surface area (Å²) in [7, 11) is 1.52. The molecule has 7 heteroatoms. The van der Waals surface area contributed by atoms with Crippen LogP contribution in [0.5, 0.6) is 11.5 Å². The maximum absolute atomic E-state index is 12.2. The average molecular weight is 392 g/mol. The number of ether oxygens (including phenoxy) is 2. The van der Waals surface area contributed by atoms with Crippen molar-refractivity contribution < 1.29 is 23.9 Å². The van der Waals surface area contributed by atoms with E-state index >= 15 is 0 Å². The van der Waals surface area contributed by atoms with E-state index in [1.165, 1.54) is 13.5 Å². The molecule has 2 N–H and O–H groups in total. The van der Waals surface area contributed by atoms with E-state index in [2.05, 4.69) is 24.6 Å². The summed E-state index contributed by atoms with van der Waals surface area (Å²) in [5.41, 5.74) is 2.67. The summed E-state index contributed by atoms with van der Waals surface area (Å²) in [5, 5.41) is 2.98. The molecule has 1 aliphatic carbocycles. The molecule has 0 aromatic heterocycles. The molecule has 0 saturated heterocycles. The van der Waals surface area contributed by atoms with Gasteiger partial charge in [-0.3, -0.25) is 14.4 Å². The van der Waals surface area contributed by atoms with E-state index in [1.807, 2.05) is 0 Å². The summed E-state index contributed by atoms with van der Waals surface area (Å²) in [6.07, 6.45) is 6.45. The molecule has 0 radical (unpaired) electrons. The van der Waals surface area contributed by atoms with Crippen molar-refractivity contribution in [3.05, 3.63) is 23.8 Å². The van der Waals surface area contributed by atoms with Crippen molar-refractivity contribution >= 4 is 11.8 Å². The fourth-order valence-electron chi connectivity index (χ4n) is 3.26. The molecule has 0 heterocycles. The van der Waals surface area contributed by atoms with Gasteiger partial charge < -0.3 is 14.8 Å². The van der Waals surface area contributed by atoms with E-state index in [0.29, 0.717) is 29.6 Å². The lowest BCUT2D eigenvalue weighted by molar-refractivity contribution is -0.128. The largest absolute Gasteiger partial charge is 0.493 e. The highest BCUT2D eigenvalue weighted by Gasteiger charge is 2.22. The first kappa shape index (κ1) is 22.0. The van der Waals surface area contributed by atoms with E-state index in [1.54, 1.807) is 18.2 Å². The Hall–Kier alpha value is -2.28. The second-order valence-corrected chi connectivity index (χ2v) is 7.22. The van der Waals surface area contributed by atoms with Crippen LogP contribution in [0.25, 0.3) is 0 Å². The summed E-state index contributed by atoms with van der Waals surface area (Å²) in [6, 6.07) is 5.10. The summed E-state index contributed by atoms with van der Waals surface area (Å²) in [6.45, 7) is 4.61.